The molecule has 0 atom stereocenters. The van der Waals surface area contributed by atoms with E-state index in [2.05, 4.69) is 5.10 Å². The lowest BCUT2D eigenvalue weighted by molar-refractivity contribution is -0.116. The number of fused-ring (bicyclic) bond motifs is 1. The molecule has 26 heavy (non-hydrogen) atoms. The molecule has 1 heterocycles. The van der Waals surface area contributed by atoms with Gasteiger partial charge in [-0.25, -0.2) is 19.0 Å². The fraction of sp³-hybridized carbons (Fsp3) is 0.111. The number of amides is 1. The molecule has 0 aliphatic carbocycles. The van der Waals surface area contributed by atoms with Gasteiger partial charge in [0.2, 0.25) is 0 Å². The van der Waals surface area contributed by atoms with Gasteiger partial charge in [0.25, 0.3) is 5.91 Å². The molecule has 134 valence electrons. The standard InChI is InChI=1S/C18H15F3N4O/c19-9-11-1-4-14-16(5-6-18(26)23-22)24-25(17(14)7-11)10-12-2-3-13(20)8-15(12)21/h1-8H,9-10,22H2,(H,23,26)/b6-5+. The molecular weight excluding hydrogens is 345 g/mol. The Morgan fingerprint density at radius 1 is 1.23 bits per heavy atom. The lowest BCUT2D eigenvalue weighted by atomic mass is 10.1. The Balaban J connectivity index is 2.08. The molecule has 3 N–H and O–H groups in total. The zero-order chi connectivity index (χ0) is 18.7. The van der Waals surface area contributed by atoms with E-state index in [9.17, 15) is 18.0 Å². The van der Waals surface area contributed by atoms with Crippen LogP contribution in [0.3, 0.4) is 0 Å². The highest BCUT2D eigenvalue weighted by atomic mass is 19.1. The first kappa shape index (κ1) is 17.7. The largest absolute Gasteiger partial charge is 0.291 e. The van der Waals surface area contributed by atoms with Gasteiger partial charge in [-0.3, -0.25) is 14.9 Å². The number of hydrogen-bond donors (Lipinski definition) is 2. The molecule has 0 saturated carbocycles. The van der Waals surface area contributed by atoms with E-state index < -0.39 is 24.2 Å². The second-order valence-electron chi connectivity index (χ2n) is 5.61. The number of halogens is 3. The molecule has 8 heteroatoms. The number of nitrogens with two attached hydrogens (primary N) is 1. The van der Waals surface area contributed by atoms with E-state index in [4.69, 9.17) is 5.84 Å². The topological polar surface area (TPSA) is 72.9 Å². The number of carbonyl (C=O) groups is 1. The molecule has 3 rings (SSSR count). The van der Waals surface area contributed by atoms with Gasteiger partial charge in [-0.2, -0.15) is 5.10 Å². The molecule has 0 fully saturated rings. The van der Waals surface area contributed by atoms with Gasteiger partial charge in [-0.1, -0.05) is 18.2 Å². The second kappa shape index (κ2) is 7.40. The van der Waals surface area contributed by atoms with Crippen LogP contribution in [-0.2, 0) is 18.0 Å². The molecule has 2 aromatic carbocycles. The van der Waals surface area contributed by atoms with Crippen molar-refractivity contribution in [3.63, 3.8) is 0 Å². The quantitative estimate of drug-likeness (QED) is 0.318. The van der Waals surface area contributed by atoms with Crippen LogP contribution in [0.15, 0.2) is 42.5 Å². The number of aromatic nitrogens is 2. The minimum atomic E-state index is -0.699. The molecule has 0 unspecified atom stereocenters. The van der Waals surface area contributed by atoms with Gasteiger partial charge < -0.3 is 0 Å². The maximum absolute atomic E-state index is 14.0. The molecule has 1 aromatic heterocycles. The van der Waals surface area contributed by atoms with Crippen molar-refractivity contribution in [2.45, 2.75) is 13.2 Å². The van der Waals surface area contributed by atoms with Gasteiger partial charge in [0, 0.05) is 23.1 Å². The number of carbonyl (C=O) groups excluding carboxylic acids is 1. The molecule has 1 amide bonds. The average molecular weight is 360 g/mol. The maximum Gasteiger partial charge on any atom is 0.257 e. The van der Waals surface area contributed by atoms with E-state index in [1.54, 1.807) is 18.2 Å². The summed E-state index contributed by atoms with van der Waals surface area (Å²) < 4.78 is 41.5. The third-order valence-corrected chi connectivity index (χ3v) is 3.87. The van der Waals surface area contributed by atoms with Gasteiger partial charge in [0.1, 0.15) is 18.3 Å². The highest BCUT2D eigenvalue weighted by molar-refractivity contribution is 5.95. The van der Waals surface area contributed by atoms with E-state index in [-0.39, 0.29) is 12.1 Å². The van der Waals surface area contributed by atoms with Crippen LogP contribution < -0.4 is 11.3 Å². The van der Waals surface area contributed by atoms with Crippen molar-refractivity contribution >= 4 is 22.9 Å². The summed E-state index contributed by atoms with van der Waals surface area (Å²) in [4.78, 5) is 11.3. The SMILES string of the molecule is NNC(=O)/C=C/c1nn(Cc2ccc(F)cc2F)c2cc(CF)ccc12. The number of alkyl halides is 1. The third kappa shape index (κ3) is 3.60. The van der Waals surface area contributed by atoms with Crippen molar-refractivity contribution in [3.8, 4) is 0 Å². The predicted molar refractivity (Wildman–Crippen MR) is 91.4 cm³/mol. The van der Waals surface area contributed by atoms with E-state index in [1.807, 2.05) is 5.43 Å². The Morgan fingerprint density at radius 2 is 2.04 bits per heavy atom. The van der Waals surface area contributed by atoms with Crippen molar-refractivity contribution in [3.05, 3.63) is 70.9 Å². The van der Waals surface area contributed by atoms with Crippen LogP contribution in [0.2, 0.25) is 0 Å². The summed E-state index contributed by atoms with van der Waals surface area (Å²) in [5.74, 6) is 3.14. The highest BCUT2D eigenvalue weighted by Gasteiger charge is 2.12. The first-order chi connectivity index (χ1) is 12.5. The minimum absolute atomic E-state index is 0.0231. The van der Waals surface area contributed by atoms with Gasteiger partial charge in [-0.15, -0.1) is 0 Å². The van der Waals surface area contributed by atoms with Crippen molar-refractivity contribution < 1.29 is 18.0 Å². The molecular formula is C18H15F3N4O. The summed E-state index contributed by atoms with van der Waals surface area (Å²) in [6.45, 7) is -0.637. The van der Waals surface area contributed by atoms with Gasteiger partial charge in [0.15, 0.2) is 0 Å². The maximum atomic E-state index is 14.0. The Morgan fingerprint density at radius 3 is 2.73 bits per heavy atom. The molecule has 0 saturated heterocycles. The Hall–Kier alpha value is -3.13. The summed E-state index contributed by atoms with van der Waals surface area (Å²) in [5, 5.41) is 5.01. The third-order valence-electron chi connectivity index (χ3n) is 3.87. The molecule has 3 aromatic rings. The number of nitrogens with zero attached hydrogens (tertiary/aromatic N) is 2. The van der Waals surface area contributed by atoms with Crippen LogP contribution in [-0.4, -0.2) is 15.7 Å². The van der Waals surface area contributed by atoms with Gasteiger partial charge in [0.05, 0.1) is 17.8 Å². The summed E-state index contributed by atoms with van der Waals surface area (Å²) in [5.41, 5.74) is 3.64. The molecule has 0 aliphatic heterocycles. The first-order valence-electron chi connectivity index (χ1n) is 7.70. The fourth-order valence-electron chi connectivity index (χ4n) is 2.59. The van der Waals surface area contributed by atoms with E-state index >= 15 is 0 Å². The van der Waals surface area contributed by atoms with Crippen LogP contribution in [0.4, 0.5) is 13.2 Å². The van der Waals surface area contributed by atoms with Crippen molar-refractivity contribution in [2.24, 2.45) is 5.84 Å². The van der Waals surface area contributed by atoms with Crippen LogP contribution in [0.25, 0.3) is 17.0 Å². The fourth-order valence-corrected chi connectivity index (χ4v) is 2.59. The monoisotopic (exact) mass is 360 g/mol. The normalized spacial score (nSPS) is 11.4. The summed E-state index contributed by atoms with van der Waals surface area (Å²) in [6.07, 6.45) is 2.66. The van der Waals surface area contributed by atoms with Crippen LogP contribution in [0.5, 0.6) is 0 Å². The van der Waals surface area contributed by atoms with Gasteiger partial charge in [-0.05, 0) is 23.8 Å². The van der Waals surface area contributed by atoms with E-state index in [0.29, 0.717) is 22.2 Å². The number of rotatable bonds is 5. The average Bonchev–Trinajstić information content (AvgIpc) is 2.98. The van der Waals surface area contributed by atoms with E-state index in [0.717, 1.165) is 12.1 Å². The van der Waals surface area contributed by atoms with Crippen molar-refractivity contribution in [2.75, 3.05) is 0 Å². The molecule has 0 bridgehead atoms. The Kier molecular flexibility index (Phi) is 5.04. The summed E-state index contributed by atoms with van der Waals surface area (Å²) in [7, 11) is 0. The Labute approximate surface area is 146 Å². The first-order valence-corrected chi connectivity index (χ1v) is 7.70. The van der Waals surface area contributed by atoms with Crippen LogP contribution in [0.1, 0.15) is 16.8 Å². The highest BCUT2D eigenvalue weighted by Crippen LogP contribution is 2.23. The molecule has 0 aliphatic rings. The lowest BCUT2D eigenvalue weighted by Crippen LogP contribution is -2.27. The van der Waals surface area contributed by atoms with Gasteiger partial charge >= 0.3 is 0 Å². The molecule has 0 radical (unpaired) electrons. The number of nitrogens with one attached hydrogen (secondary N) is 1. The Bertz CT molecular complexity index is 998. The number of hydrogen-bond acceptors (Lipinski definition) is 3. The zero-order valence-corrected chi connectivity index (χ0v) is 13.5. The smallest absolute Gasteiger partial charge is 0.257 e. The minimum Gasteiger partial charge on any atom is -0.291 e. The van der Waals surface area contributed by atoms with E-state index in [1.165, 1.54) is 22.9 Å². The number of hydrazine groups is 1. The lowest BCUT2D eigenvalue weighted by Gasteiger charge is -2.06. The van der Waals surface area contributed by atoms with Crippen LogP contribution in [0, 0.1) is 11.6 Å². The molecule has 0 spiro atoms. The predicted octanol–water partition coefficient (Wildman–Crippen LogP) is 2.84. The van der Waals surface area contributed by atoms with Crippen LogP contribution >= 0.6 is 0 Å². The summed E-state index contributed by atoms with van der Waals surface area (Å²) >= 11 is 0. The zero-order valence-electron chi connectivity index (χ0n) is 13.5. The summed E-state index contributed by atoms with van der Waals surface area (Å²) in [6, 6.07) is 8.16. The number of benzene rings is 2. The second-order valence-corrected chi connectivity index (χ2v) is 5.61. The molecule has 5 nitrogen and oxygen atoms in total. The van der Waals surface area contributed by atoms with Crippen molar-refractivity contribution in [1.82, 2.24) is 15.2 Å². The van der Waals surface area contributed by atoms with Crippen molar-refractivity contribution in [1.29, 1.82) is 0 Å².